The number of likely N-dealkylation sites (N-methyl/N-ethyl adjacent to an activating group) is 1. The van der Waals surface area contributed by atoms with Crippen LogP contribution in [-0.2, 0) is 4.79 Å². The number of hydrogen-bond acceptors (Lipinski definition) is 4. The predicted molar refractivity (Wildman–Crippen MR) is 76.2 cm³/mol. The first-order valence-corrected chi connectivity index (χ1v) is 6.27. The Morgan fingerprint density at radius 1 is 1.21 bits per heavy atom. The summed E-state index contributed by atoms with van der Waals surface area (Å²) in [5.74, 6) is 1.30. The van der Waals surface area contributed by atoms with Gasteiger partial charge in [0.25, 0.3) is 0 Å². The van der Waals surface area contributed by atoms with Crippen LogP contribution in [-0.4, -0.2) is 33.2 Å². The zero-order valence-corrected chi connectivity index (χ0v) is 12.2. The lowest BCUT2D eigenvalue weighted by atomic mass is 10.1. The minimum absolute atomic E-state index is 0.106. The maximum absolute atomic E-state index is 11.8. The van der Waals surface area contributed by atoms with Crippen LogP contribution >= 0.6 is 0 Å². The summed E-state index contributed by atoms with van der Waals surface area (Å²) in [5.41, 5.74) is 2.59. The highest BCUT2D eigenvalue weighted by molar-refractivity contribution is 5.94. The second kappa shape index (κ2) is 6.99. The summed E-state index contributed by atoms with van der Waals surface area (Å²) < 4.78 is 10.7. The van der Waals surface area contributed by atoms with Crippen molar-refractivity contribution in [3.05, 3.63) is 17.2 Å². The highest BCUT2D eigenvalue weighted by Crippen LogP contribution is 2.36. The van der Waals surface area contributed by atoms with Gasteiger partial charge in [0.05, 0.1) is 26.5 Å². The van der Waals surface area contributed by atoms with E-state index < -0.39 is 0 Å². The molecule has 1 aromatic carbocycles. The zero-order chi connectivity index (χ0) is 14.4. The van der Waals surface area contributed by atoms with Crippen molar-refractivity contribution in [3.8, 4) is 11.5 Å². The van der Waals surface area contributed by atoms with E-state index in [1.54, 1.807) is 20.3 Å². The summed E-state index contributed by atoms with van der Waals surface area (Å²) in [6.07, 6.45) is 0. The lowest BCUT2D eigenvalue weighted by molar-refractivity contribution is -0.115. The van der Waals surface area contributed by atoms with E-state index in [4.69, 9.17) is 9.47 Å². The van der Waals surface area contributed by atoms with Gasteiger partial charge in [-0.3, -0.25) is 4.79 Å². The SMILES string of the molecule is CCNCC(=O)Nc1cc(OC)c(C)c(C)c1OC. The molecule has 0 atom stereocenters. The highest BCUT2D eigenvalue weighted by Gasteiger charge is 2.15. The molecule has 1 aromatic rings. The minimum atomic E-state index is -0.106. The van der Waals surface area contributed by atoms with Crippen molar-refractivity contribution in [3.63, 3.8) is 0 Å². The van der Waals surface area contributed by atoms with Gasteiger partial charge in [-0.05, 0) is 31.5 Å². The molecule has 106 valence electrons. The molecule has 0 unspecified atom stereocenters. The normalized spacial score (nSPS) is 10.2. The smallest absolute Gasteiger partial charge is 0.238 e. The average molecular weight is 266 g/mol. The minimum Gasteiger partial charge on any atom is -0.496 e. The number of ether oxygens (including phenoxy) is 2. The molecule has 5 heteroatoms. The molecule has 5 nitrogen and oxygen atoms in total. The lowest BCUT2D eigenvalue weighted by Crippen LogP contribution is -2.28. The summed E-state index contributed by atoms with van der Waals surface area (Å²) in [7, 11) is 3.20. The number of amides is 1. The first-order valence-electron chi connectivity index (χ1n) is 6.27. The van der Waals surface area contributed by atoms with E-state index in [2.05, 4.69) is 10.6 Å². The predicted octanol–water partition coefficient (Wildman–Crippen LogP) is 1.87. The van der Waals surface area contributed by atoms with Crippen molar-refractivity contribution >= 4 is 11.6 Å². The van der Waals surface area contributed by atoms with Gasteiger partial charge in [-0.2, -0.15) is 0 Å². The van der Waals surface area contributed by atoms with Crippen molar-refractivity contribution < 1.29 is 14.3 Å². The van der Waals surface area contributed by atoms with Crippen molar-refractivity contribution in [2.24, 2.45) is 0 Å². The first kappa shape index (κ1) is 15.3. The Bertz CT molecular complexity index is 458. The molecule has 0 fully saturated rings. The van der Waals surface area contributed by atoms with Crippen molar-refractivity contribution in [2.45, 2.75) is 20.8 Å². The van der Waals surface area contributed by atoms with Crippen LogP contribution in [0.15, 0.2) is 6.07 Å². The van der Waals surface area contributed by atoms with Crippen molar-refractivity contribution in [2.75, 3.05) is 32.6 Å². The molecule has 0 radical (unpaired) electrons. The van der Waals surface area contributed by atoms with Crippen LogP contribution in [0.2, 0.25) is 0 Å². The van der Waals surface area contributed by atoms with Crippen LogP contribution in [0.5, 0.6) is 11.5 Å². The van der Waals surface area contributed by atoms with Gasteiger partial charge in [-0.1, -0.05) is 6.92 Å². The Kier molecular flexibility index (Phi) is 5.63. The highest BCUT2D eigenvalue weighted by atomic mass is 16.5. The number of nitrogens with one attached hydrogen (secondary N) is 2. The first-order chi connectivity index (χ1) is 9.04. The number of rotatable bonds is 6. The average Bonchev–Trinajstić information content (AvgIpc) is 2.40. The molecule has 19 heavy (non-hydrogen) atoms. The lowest BCUT2D eigenvalue weighted by Gasteiger charge is -2.17. The van der Waals surface area contributed by atoms with E-state index in [-0.39, 0.29) is 12.5 Å². The van der Waals surface area contributed by atoms with Crippen molar-refractivity contribution in [1.82, 2.24) is 5.32 Å². The molecule has 2 N–H and O–H groups in total. The van der Waals surface area contributed by atoms with E-state index in [1.807, 2.05) is 20.8 Å². The van der Waals surface area contributed by atoms with Gasteiger partial charge in [-0.15, -0.1) is 0 Å². The van der Waals surface area contributed by atoms with Gasteiger partial charge in [0.2, 0.25) is 5.91 Å². The van der Waals surface area contributed by atoms with Crippen LogP contribution in [0.4, 0.5) is 5.69 Å². The van der Waals surface area contributed by atoms with E-state index >= 15 is 0 Å². The second-order valence-corrected chi connectivity index (χ2v) is 4.24. The molecule has 0 saturated carbocycles. The summed E-state index contributed by atoms with van der Waals surface area (Å²) >= 11 is 0. The Morgan fingerprint density at radius 2 is 1.89 bits per heavy atom. The molecular formula is C14H22N2O3. The Hall–Kier alpha value is -1.75. The standard InChI is InChI=1S/C14H22N2O3/c1-6-15-8-13(17)16-11-7-12(18-4)9(2)10(3)14(11)19-5/h7,15H,6,8H2,1-5H3,(H,16,17). The molecule has 0 heterocycles. The summed E-state index contributed by atoms with van der Waals surface area (Å²) in [5, 5.41) is 5.81. The van der Waals surface area contributed by atoms with Crippen LogP contribution in [0, 0.1) is 13.8 Å². The fourth-order valence-corrected chi connectivity index (χ4v) is 1.86. The topological polar surface area (TPSA) is 59.6 Å². The van der Waals surface area contributed by atoms with E-state index in [0.717, 1.165) is 23.4 Å². The summed E-state index contributed by atoms with van der Waals surface area (Å²) in [6.45, 7) is 6.88. The van der Waals surface area contributed by atoms with Gasteiger partial charge in [0.15, 0.2) is 0 Å². The number of carbonyl (C=O) groups excluding carboxylic acids is 1. The number of hydrogen-bond donors (Lipinski definition) is 2. The van der Waals surface area contributed by atoms with Crippen LogP contribution in [0.3, 0.4) is 0 Å². The number of carbonyl (C=O) groups is 1. The van der Waals surface area contributed by atoms with E-state index in [1.165, 1.54) is 0 Å². The van der Waals surface area contributed by atoms with E-state index in [9.17, 15) is 4.79 Å². The molecule has 0 aromatic heterocycles. The summed E-state index contributed by atoms with van der Waals surface area (Å²) in [6, 6.07) is 1.78. The third-order valence-electron chi connectivity index (χ3n) is 3.03. The largest absolute Gasteiger partial charge is 0.496 e. The number of benzene rings is 1. The molecule has 0 aliphatic rings. The van der Waals surface area contributed by atoms with Gasteiger partial charge in [0.1, 0.15) is 11.5 Å². The molecular weight excluding hydrogens is 244 g/mol. The maximum Gasteiger partial charge on any atom is 0.238 e. The summed E-state index contributed by atoms with van der Waals surface area (Å²) in [4.78, 5) is 11.8. The monoisotopic (exact) mass is 266 g/mol. The third kappa shape index (κ3) is 3.61. The molecule has 0 bridgehead atoms. The van der Waals surface area contributed by atoms with Gasteiger partial charge >= 0.3 is 0 Å². The van der Waals surface area contributed by atoms with E-state index in [0.29, 0.717) is 11.4 Å². The molecule has 1 amide bonds. The number of anilines is 1. The molecule has 0 saturated heterocycles. The molecule has 0 spiro atoms. The van der Waals surface area contributed by atoms with Crippen LogP contribution in [0.25, 0.3) is 0 Å². The quantitative estimate of drug-likeness (QED) is 0.825. The molecule has 0 aliphatic heterocycles. The van der Waals surface area contributed by atoms with Gasteiger partial charge in [-0.25, -0.2) is 0 Å². The third-order valence-corrected chi connectivity index (χ3v) is 3.03. The van der Waals surface area contributed by atoms with Gasteiger partial charge in [0, 0.05) is 6.07 Å². The zero-order valence-electron chi connectivity index (χ0n) is 12.2. The molecule has 1 rings (SSSR count). The maximum atomic E-state index is 11.8. The van der Waals surface area contributed by atoms with Crippen LogP contribution < -0.4 is 20.1 Å². The molecule has 0 aliphatic carbocycles. The second-order valence-electron chi connectivity index (χ2n) is 4.24. The fourth-order valence-electron chi connectivity index (χ4n) is 1.86. The fraction of sp³-hybridized carbons (Fsp3) is 0.500. The number of methoxy groups -OCH3 is 2. The Morgan fingerprint density at radius 3 is 2.42 bits per heavy atom. The Balaban J connectivity index is 3.05. The van der Waals surface area contributed by atoms with Crippen molar-refractivity contribution in [1.29, 1.82) is 0 Å². The van der Waals surface area contributed by atoms with Gasteiger partial charge < -0.3 is 20.1 Å². The Labute approximate surface area is 114 Å². The van der Waals surface area contributed by atoms with Crippen LogP contribution in [0.1, 0.15) is 18.1 Å².